The third kappa shape index (κ3) is 2.74. The number of carboxylic acid groups (broad SMARTS) is 1. The lowest BCUT2D eigenvalue weighted by molar-refractivity contribution is 0.0697. The molecule has 1 N–H and O–H groups in total. The average Bonchev–Trinajstić information content (AvgIpc) is 2.46. The maximum Gasteiger partial charge on any atom is 0.335 e. The van der Waals surface area contributed by atoms with E-state index >= 15 is 0 Å². The van der Waals surface area contributed by atoms with Gasteiger partial charge in [0, 0.05) is 0 Å². The van der Waals surface area contributed by atoms with E-state index in [0.29, 0.717) is 5.56 Å². The van der Waals surface area contributed by atoms with Crippen LogP contribution in [-0.4, -0.2) is 11.1 Å². The van der Waals surface area contributed by atoms with Gasteiger partial charge in [-0.05, 0) is 59.7 Å². The molecule has 0 unspecified atom stereocenters. The van der Waals surface area contributed by atoms with Gasteiger partial charge in [0.05, 0.1) is 5.56 Å². The normalized spacial score (nSPS) is 10.6. The van der Waals surface area contributed by atoms with Crippen molar-refractivity contribution in [2.45, 2.75) is 33.6 Å². The molecule has 2 aromatic rings. The number of aryl methyl sites for hydroxylation is 3. The molecule has 0 atom stereocenters. The number of hydrogen-bond donors (Lipinski definition) is 1. The van der Waals surface area contributed by atoms with Crippen molar-refractivity contribution in [3.8, 4) is 11.1 Å². The van der Waals surface area contributed by atoms with Crippen LogP contribution in [0, 0.1) is 6.92 Å². The van der Waals surface area contributed by atoms with Gasteiger partial charge >= 0.3 is 5.97 Å². The minimum atomic E-state index is -0.877. The van der Waals surface area contributed by atoms with Crippen LogP contribution in [0.25, 0.3) is 11.1 Å². The molecule has 0 aliphatic rings. The van der Waals surface area contributed by atoms with Crippen molar-refractivity contribution in [2.75, 3.05) is 0 Å². The number of carbonyl (C=O) groups is 1. The van der Waals surface area contributed by atoms with Crippen LogP contribution in [0.3, 0.4) is 0 Å². The molecule has 20 heavy (non-hydrogen) atoms. The molecule has 104 valence electrons. The van der Waals surface area contributed by atoms with Gasteiger partial charge in [-0.3, -0.25) is 0 Å². The van der Waals surface area contributed by atoms with E-state index in [1.165, 1.54) is 16.7 Å². The monoisotopic (exact) mass is 268 g/mol. The summed E-state index contributed by atoms with van der Waals surface area (Å²) in [5.41, 5.74) is 6.31. The molecule has 2 aromatic carbocycles. The van der Waals surface area contributed by atoms with Crippen LogP contribution in [0.4, 0.5) is 0 Å². The second-order valence-corrected chi connectivity index (χ2v) is 5.03. The second-order valence-electron chi connectivity index (χ2n) is 5.03. The first kappa shape index (κ1) is 14.3. The lowest BCUT2D eigenvalue weighted by atomic mass is 9.91. The van der Waals surface area contributed by atoms with E-state index < -0.39 is 5.97 Å². The fourth-order valence-corrected chi connectivity index (χ4v) is 2.50. The predicted octanol–water partition coefficient (Wildman–Crippen LogP) is 4.49. The molecular formula is C18H20O2. The number of rotatable bonds is 4. The topological polar surface area (TPSA) is 37.3 Å². The van der Waals surface area contributed by atoms with Gasteiger partial charge in [0.2, 0.25) is 0 Å². The summed E-state index contributed by atoms with van der Waals surface area (Å²) in [5, 5.41) is 9.05. The van der Waals surface area contributed by atoms with Gasteiger partial charge in [-0.2, -0.15) is 0 Å². The van der Waals surface area contributed by atoms with Crippen molar-refractivity contribution in [1.29, 1.82) is 0 Å². The third-order valence-electron chi connectivity index (χ3n) is 3.73. The number of aromatic carboxylic acids is 1. The van der Waals surface area contributed by atoms with Crippen molar-refractivity contribution in [3.63, 3.8) is 0 Å². The Hall–Kier alpha value is -2.09. The van der Waals surface area contributed by atoms with Gasteiger partial charge in [-0.1, -0.05) is 38.1 Å². The van der Waals surface area contributed by atoms with E-state index in [1.807, 2.05) is 13.0 Å². The molecular weight excluding hydrogens is 248 g/mol. The van der Waals surface area contributed by atoms with Crippen molar-refractivity contribution in [3.05, 3.63) is 58.7 Å². The highest BCUT2D eigenvalue weighted by molar-refractivity contribution is 5.89. The van der Waals surface area contributed by atoms with Crippen LogP contribution >= 0.6 is 0 Å². The van der Waals surface area contributed by atoms with Crippen LogP contribution in [0.5, 0.6) is 0 Å². The van der Waals surface area contributed by atoms with E-state index in [2.05, 4.69) is 32.0 Å². The molecule has 2 rings (SSSR count). The standard InChI is InChI=1S/C18H20O2/c1-4-13-6-7-14(5-2)17(11-13)16-9-8-15(18(19)20)10-12(16)3/h6-11H,4-5H2,1-3H3,(H,19,20). The highest BCUT2D eigenvalue weighted by atomic mass is 16.4. The molecule has 0 spiro atoms. The Morgan fingerprint density at radius 3 is 2.30 bits per heavy atom. The second kappa shape index (κ2) is 5.91. The minimum Gasteiger partial charge on any atom is -0.478 e. The van der Waals surface area contributed by atoms with Gasteiger partial charge in [-0.25, -0.2) is 4.79 Å². The Labute approximate surface area is 120 Å². The van der Waals surface area contributed by atoms with Crippen LogP contribution in [0.2, 0.25) is 0 Å². The zero-order valence-corrected chi connectivity index (χ0v) is 12.2. The lowest BCUT2D eigenvalue weighted by Gasteiger charge is -2.13. The molecule has 0 radical (unpaired) electrons. The lowest BCUT2D eigenvalue weighted by Crippen LogP contribution is -1.98. The molecule has 0 saturated heterocycles. The molecule has 0 aliphatic heterocycles. The molecule has 0 amide bonds. The van der Waals surface area contributed by atoms with Crippen LogP contribution in [0.15, 0.2) is 36.4 Å². The highest BCUT2D eigenvalue weighted by Crippen LogP contribution is 2.29. The summed E-state index contributed by atoms with van der Waals surface area (Å²) in [7, 11) is 0. The summed E-state index contributed by atoms with van der Waals surface area (Å²) in [4.78, 5) is 11.0. The molecule has 2 heteroatoms. The largest absolute Gasteiger partial charge is 0.478 e. The Bertz CT molecular complexity index is 642. The molecule has 0 fully saturated rings. The van der Waals surface area contributed by atoms with E-state index in [0.717, 1.165) is 24.0 Å². The summed E-state index contributed by atoms with van der Waals surface area (Å²) < 4.78 is 0. The summed E-state index contributed by atoms with van der Waals surface area (Å²) >= 11 is 0. The van der Waals surface area contributed by atoms with E-state index in [-0.39, 0.29) is 0 Å². The quantitative estimate of drug-likeness (QED) is 0.887. The average molecular weight is 268 g/mol. The fourth-order valence-electron chi connectivity index (χ4n) is 2.50. The van der Waals surface area contributed by atoms with Crippen LogP contribution in [-0.2, 0) is 12.8 Å². The summed E-state index contributed by atoms with van der Waals surface area (Å²) in [6.07, 6.45) is 1.97. The van der Waals surface area contributed by atoms with E-state index in [1.54, 1.807) is 12.1 Å². The number of benzene rings is 2. The minimum absolute atomic E-state index is 0.343. The van der Waals surface area contributed by atoms with Crippen molar-refractivity contribution in [1.82, 2.24) is 0 Å². The smallest absolute Gasteiger partial charge is 0.335 e. The van der Waals surface area contributed by atoms with Crippen LogP contribution in [0.1, 0.15) is 40.9 Å². The number of carboxylic acids is 1. The first-order valence-electron chi connectivity index (χ1n) is 7.03. The highest BCUT2D eigenvalue weighted by Gasteiger charge is 2.10. The van der Waals surface area contributed by atoms with Gasteiger partial charge in [0.1, 0.15) is 0 Å². The Balaban J connectivity index is 2.58. The summed E-state index contributed by atoms with van der Waals surface area (Å²) in [5.74, 6) is -0.877. The zero-order valence-electron chi connectivity index (χ0n) is 12.2. The maximum absolute atomic E-state index is 11.0. The van der Waals surface area contributed by atoms with E-state index in [9.17, 15) is 4.79 Å². The fraction of sp³-hybridized carbons (Fsp3) is 0.278. The molecule has 0 aromatic heterocycles. The number of hydrogen-bond acceptors (Lipinski definition) is 1. The van der Waals surface area contributed by atoms with Crippen molar-refractivity contribution >= 4 is 5.97 Å². The first-order chi connectivity index (χ1) is 9.56. The zero-order chi connectivity index (χ0) is 14.7. The van der Waals surface area contributed by atoms with Gasteiger partial charge < -0.3 is 5.11 Å². The molecule has 0 heterocycles. The summed E-state index contributed by atoms with van der Waals surface area (Å²) in [6.45, 7) is 6.26. The van der Waals surface area contributed by atoms with Crippen molar-refractivity contribution < 1.29 is 9.90 Å². The molecule has 0 bridgehead atoms. The predicted molar refractivity (Wildman–Crippen MR) is 82.3 cm³/mol. The maximum atomic E-state index is 11.0. The molecule has 2 nitrogen and oxygen atoms in total. The Kier molecular flexibility index (Phi) is 4.23. The van der Waals surface area contributed by atoms with Crippen molar-refractivity contribution in [2.24, 2.45) is 0 Å². The Morgan fingerprint density at radius 1 is 1.00 bits per heavy atom. The van der Waals surface area contributed by atoms with Gasteiger partial charge in [0.15, 0.2) is 0 Å². The van der Waals surface area contributed by atoms with Gasteiger partial charge in [-0.15, -0.1) is 0 Å². The van der Waals surface area contributed by atoms with E-state index in [4.69, 9.17) is 5.11 Å². The summed E-state index contributed by atoms with van der Waals surface area (Å²) in [6, 6.07) is 11.9. The third-order valence-corrected chi connectivity index (χ3v) is 3.73. The van der Waals surface area contributed by atoms with Gasteiger partial charge in [0.25, 0.3) is 0 Å². The molecule has 0 saturated carbocycles. The van der Waals surface area contributed by atoms with Crippen LogP contribution < -0.4 is 0 Å². The first-order valence-corrected chi connectivity index (χ1v) is 7.03. The Morgan fingerprint density at radius 2 is 1.75 bits per heavy atom. The SMILES string of the molecule is CCc1ccc(CC)c(-c2ccc(C(=O)O)cc2C)c1. The molecule has 0 aliphatic carbocycles.